The topological polar surface area (TPSA) is 62.0 Å². The molecule has 0 aliphatic heterocycles. The van der Waals surface area contributed by atoms with Crippen LogP contribution in [0.2, 0.25) is 0 Å². The van der Waals surface area contributed by atoms with Crippen LogP contribution in [-0.2, 0) is 6.18 Å². The lowest BCUT2D eigenvalue weighted by molar-refractivity contribution is -0.137. The molecule has 104 valence electrons. The van der Waals surface area contributed by atoms with Gasteiger partial charge >= 0.3 is 6.18 Å². The fraction of sp³-hybridized carbons (Fsp3) is 0.0769. The van der Waals surface area contributed by atoms with Gasteiger partial charge in [0.25, 0.3) is 5.91 Å². The summed E-state index contributed by atoms with van der Waals surface area (Å²) in [6.45, 7) is 0. The highest BCUT2D eigenvalue weighted by atomic mass is 19.4. The molecule has 2 N–H and O–H groups in total. The van der Waals surface area contributed by atoms with Crippen LogP contribution in [0.3, 0.4) is 0 Å². The zero-order chi connectivity index (χ0) is 14.8. The second-order valence-electron chi connectivity index (χ2n) is 3.96. The first-order valence-corrected chi connectivity index (χ1v) is 5.54. The molecular weight excluding hydrogens is 273 g/mol. The molecule has 2 rings (SSSR count). The SMILES string of the molecule is O=C(Nc1cccc(C(F)(F)F)c1)c1cccc(=O)[nH]1. The van der Waals surface area contributed by atoms with E-state index in [9.17, 15) is 22.8 Å². The fourth-order valence-corrected chi connectivity index (χ4v) is 1.55. The molecule has 0 spiro atoms. The van der Waals surface area contributed by atoms with Crippen LogP contribution >= 0.6 is 0 Å². The molecule has 1 aromatic carbocycles. The average Bonchev–Trinajstić information content (AvgIpc) is 2.38. The Kier molecular flexibility index (Phi) is 3.60. The van der Waals surface area contributed by atoms with Crippen LogP contribution in [0.15, 0.2) is 47.3 Å². The van der Waals surface area contributed by atoms with Gasteiger partial charge in [-0.05, 0) is 24.3 Å². The molecule has 4 nitrogen and oxygen atoms in total. The highest BCUT2D eigenvalue weighted by Gasteiger charge is 2.30. The number of benzene rings is 1. The number of hydrogen-bond donors (Lipinski definition) is 2. The van der Waals surface area contributed by atoms with E-state index < -0.39 is 23.2 Å². The van der Waals surface area contributed by atoms with Crippen molar-refractivity contribution in [3.8, 4) is 0 Å². The highest BCUT2D eigenvalue weighted by molar-refractivity contribution is 6.02. The van der Waals surface area contributed by atoms with E-state index in [-0.39, 0.29) is 11.4 Å². The number of amides is 1. The van der Waals surface area contributed by atoms with Gasteiger partial charge in [-0.25, -0.2) is 0 Å². The third-order valence-electron chi connectivity index (χ3n) is 2.46. The summed E-state index contributed by atoms with van der Waals surface area (Å²) in [5.74, 6) is -0.693. The van der Waals surface area contributed by atoms with Gasteiger partial charge in [0.1, 0.15) is 5.69 Å². The molecule has 0 aliphatic carbocycles. The summed E-state index contributed by atoms with van der Waals surface area (Å²) >= 11 is 0. The zero-order valence-corrected chi connectivity index (χ0v) is 9.99. The van der Waals surface area contributed by atoms with Crippen molar-refractivity contribution in [1.82, 2.24) is 4.98 Å². The van der Waals surface area contributed by atoms with Crippen LogP contribution in [0.5, 0.6) is 0 Å². The lowest BCUT2D eigenvalue weighted by atomic mass is 10.2. The number of carbonyl (C=O) groups excluding carboxylic acids is 1. The van der Waals surface area contributed by atoms with Crippen molar-refractivity contribution in [1.29, 1.82) is 0 Å². The van der Waals surface area contributed by atoms with Crippen LogP contribution in [0, 0.1) is 0 Å². The van der Waals surface area contributed by atoms with E-state index in [4.69, 9.17) is 0 Å². The smallest absolute Gasteiger partial charge is 0.321 e. The Labute approximate surface area is 111 Å². The first-order valence-electron chi connectivity index (χ1n) is 5.54. The summed E-state index contributed by atoms with van der Waals surface area (Å²) in [6, 6.07) is 8.19. The predicted molar refractivity (Wildman–Crippen MR) is 66.5 cm³/mol. The fourth-order valence-electron chi connectivity index (χ4n) is 1.55. The number of carbonyl (C=O) groups is 1. The summed E-state index contributed by atoms with van der Waals surface area (Å²) in [5, 5.41) is 2.29. The molecule has 1 amide bonds. The van der Waals surface area contributed by atoms with Crippen LogP contribution in [0.1, 0.15) is 16.1 Å². The zero-order valence-electron chi connectivity index (χ0n) is 9.99. The van der Waals surface area contributed by atoms with Crippen molar-refractivity contribution in [3.05, 3.63) is 64.1 Å². The third kappa shape index (κ3) is 3.25. The summed E-state index contributed by atoms with van der Waals surface area (Å²) in [6.07, 6.45) is -4.48. The van der Waals surface area contributed by atoms with Gasteiger partial charge in [-0.2, -0.15) is 13.2 Å². The van der Waals surface area contributed by atoms with Crippen LogP contribution in [-0.4, -0.2) is 10.9 Å². The van der Waals surface area contributed by atoms with E-state index >= 15 is 0 Å². The second kappa shape index (κ2) is 5.20. The molecule has 20 heavy (non-hydrogen) atoms. The van der Waals surface area contributed by atoms with E-state index in [1.54, 1.807) is 0 Å². The van der Waals surface area contributed by atoms with E-state index in [2.05, 4.69) is 10.3 Å². The summed E-state index contributed by atoms with van der Waals surface area (Å²) in [4.78, 5) is 25.1. The molecule has 1 heterocycles. The molecule has 0 saturated carbocycles. The monoisotopic (exact) mass is 282 g/mol. The van der Waals surface area contributed by atoms with Crippen molar-refractivity contribution in [2.24, 2.45) is 0 Å². The van der Waals surface area contributed by atoms with Gasteiger partial charge in [0.2, 0.25) is 5.56 Å². The number of pyridine rings is 1. The number of aromatic amines is 1. The Morgan fingerprint density at radius 1 is 1.10 bits per heavy atom. The Morgan fingerprint density at radius 2 is 1.80 bits per heavy atom. The van der Waals surface area contributed by atoms with Gasteiger partial charge < -0.3 is 10.3 Å². The number of H-pyrrole nitrogens is 1. The number of rotatable bonds is 2. The maximum Gasteiger partial charge on any atom is 0.416 e. The van der Waals surface area contributed by atoms with Crippen molar-refractivity contribution < 1.29 is 18.0 Å². The predicted octanol–water partition coefficient (Wildman–Crippen LogP) is 2.65. The third-order valence-corrected chi connectivity index (χ3v) is 2.46. The molecule has 0 atom stereocenters. The Balaban J connectivity index is 2.22. The first kappa shape index (κ1) is 13.9. The molecule has 0 unspecified atom stereocenters. The minimum atomic E-state index is -4.48. The Bertz CT molecular complexity index is 692. The van der Waals surface area contributed by atoms with Crippen LogP contribution < -0.4 is 10.9 Å². The maximum absolute atomic E-state index is 12.5. The van der Waals surface area contributed by atoms with Crippen LogP contribution in [0.25, 0.3) is 0 Å². The number of hydrogen-bond acceptors (Lipinski definition) is 2. The maximum atomic E-state index is 12.5. The van der Waals surface area contributed by atoms with E-state index in [1.807, 2.05) is 0 Å². The molecule has 7 heteroatoms. The number of aromatic nitrogens is 1. The number of nitrogens with one attached hydrogen (secondary N) is 2. The largest absolute Gasteiger partial charge is 0.416 e. The normalized spacial score (nSPS) is 11.2. The van der Waals surface area contributed by atoms with Gasteiger partial charge in [0, 0.05) is 11.8 Å². The van der Waals surface area contributed by atoms with E-state index in [0.717, 1.165) is 12.1 Å². The van der Waals surface area contributed by atoms with E-state index in [0.29, 0.717) is 0 Å². The molecule has 1 aromatic heterocycles. The molecular formula is C13H9F3N2O2. The first-order chi connectivity index (χ1) is 9.36. The number of alkyl halides is 3. The summed E-state index contributed by atoms with van der Waals surface area (Å²) in [5.41, 5.74) is -1.37. The quantitative estimate of drug-likeness (QED) is 0.889. The van der Waals surface area contributed by atoms with Crippen molar-refractivity contribution in [3.63, 3.8) is 0 Å². The van der Waals surface area contributed by atoms with Crippen molar-refractivity contribution in [2.75, 3.05) is 5.32 Å². The van der Waals surface area contributed by atoms with Gasteiger partial charge in [-0.1, -0.05) is 12.1 Å². The minimum Gasteiger partial charge on any atom is -0.321 e. The molecule has 2 aromatic rings. The van der Waals surface area contributed by atoms with Crippen molar-refractivity contribution >= 4 is 11.6 Å². The lowest BCUT2D eigenvalue weighted by Crippen LogP contribution is -2.18. The number of anilines is 1. The molecule has 0 aliphatic rings. The van der Waals surface area contributed by atoms with Gasteiger partial charge in [0.05, 0.1) is 5.56 Å². The molecule has 0 radical (unpaired) electrons. The van der Waals surface area contributed by atoms with Crippen LogP contribution in [0.4, 0.5) is 18.9 Å². The standard InChI is InChI=1S/C13H9F3N2O2/c14-13(15,16)8-3-1-4-9(7-8)17-12(20)10-5-2-6-11(19)18-10/h1-7H,(H,17,20)(H,18,19). The molecule has 0 fully saturated rings. The van der Waals surface area contributed by atoms with Crippen molar-refractivity contribution in [2.45, 2.75) is 6.18 Å². The minimum absolute atomic E-state index is 0.00507. The summed E-state index contributed by atoms with van der Waals surface area (Å²) in [7, 11) is 0. The number of halogens is 3. The highest BCUT2D eigenvalue weighted by Crippen LogP contribution is 2.30. The molecule has 0 bridgehead atoms. The van der Waals surface area contributed by atoms with Gasteiger partial charge in [-0.15, -0.1) is 0 Å². The second-order valence-corrected chi connectivity index (χ2v) is 3.96. The lowest BCUT2D eigenvalue weighted by Gasteiger charge is -2.09. The average molecular weight is 282 g/mol. The Hall–Kier alpha value is -2.57. The molecule has 0 saturated heterocycles. The van der Waals surface area contributed by atoms with Gasteiger partial charge in [-0.3, -0.25) is 9.59 Å². The van der Waals surface area contributed by atoms with Gasteiger partial charge in [0.15, 0.2) is 0 Å². The summed E-state index contributed by atoms with van der Waals surface area (Å²) < 4.78 is 37.6. The van der Waals surface area contributed by atoms with E-state index in [1.165, 1.54) is 30.3 Å². The Morgan fingerprint density at radius 3 is 2.45 bits per heavy atom.